The minimum absolute atomic E-state index is 0.174. The number of hydrogen-bond donors (Lipinski definition) is 3. The van der Waals surface area contributed by atoms with E-state index in [0.29, 0.717) is 12.5 Å². The molecule has 3 rings (SSSR count). The Kier molecular flexibility index (Phi) is 8.08. The van der Waals surface area contributed by atoms with E-state index in [1.54, 1.807) is 12.0 Å². The number of ether oxygens (including phenoxy) is 1. The van der Waals surface area contributed by atoms with Crippen LogP contribution in [0.2, 0.25) is 0 Å². The van der Waals surface area contributed by atoms with Gasteiger partial charge in [0.05, 0.1) is 7.11 Å². The maximum atomic E-state index is 12.4. The Balaban J connectivity index is 1.37. The van der Waals surface area contributed by atoms with Crippen LogP contribution in [0.3, 0.4) is 0 Å². The number of amides is 1. The van der Waals surface area contributed by atoms with Crippen LogP contribution in [-0.4, -0.2) is 52.3 Å². The highest BCUT2D eigenvalue weighted by Gasteiger charge is 2.25. The zero-order chi connectivity index (χ0) is 20.5. The summed E-state index contributed by atoms with van der Waals surface area (Å²) in [5, 5.41) is 3.16. The van der Waals surface area contributed by atoms with E-state index in [0.717, 1.165) is 51.4 Å². The van der Waals surface area contributed by atoms with Crippen molar-refractivity contribution < 1.29 is 19.3 Å². The third kappa shape index (κ3) is 6.58. The molecule has 5 heteroatoms. The van der Waals surface area contributed by atoms with Crippen LogP contribution >= 0.6 is 0 Å². The third-order valence-corrected chi connectivity index (χ3v) is 6.00. The van der Waals surface area contributed by atoms with E-state index in [2.05, 4.69) is 48.6 Å². The fraction of sp³-hybridized carbons (Fsp3) is 0.458. The van der Waals surface area contributed by atoms with Gasteiger partial charge >= 0.3 is 0 Å². The molecule has 29 heavy (non-hydrogen) atoms. The molecule has 2 aromatic carbocycles. The van der Waals surface area contributed by atoms with Gasteiger partial charge in [-0.25, -0.2) is 0 Å². The first-order chi connectivity index (χ1) is 14.2. The smallest absolute Gasteiger partial charge is 0.275 e. The molecule has 1 aliphatic heterocycles. The molecule has 0 bridgehead atoms. The molecule has 1 amide bonds. The second kappa shape index (κ2) is 11.0. The van der Waals surface area contributed by atoms with Gasteiger partial charge in [-0.1, -0.05) is 37.3 Å². The summed E-state index contributed by atoms with van der Waals surface area (Å²) in [6.07, 6.45) is 1.03. The lowest BCUT2D eigenvalue weighted by molar-refractivity contribution is -1.02. The fourth-order valence-electron chi connectivity index (χ4n) is 4.09. The highest BCUT2D eigenvalue weighted by Crippen LogP contribution is 2.17. The summed E-state index contributed by atoms with van der Waals surface area (Å²) >= 11 is 0. The molecule has 0 unspecified atom stereocenters. The van der Waals surface area contributed by atoms with Gasteiger partial charge in [-0.2, -0.15) is 0 Å². The van der Waals surface area contributed by atoms with Gasteiger partial charge in [-0.15, -0.1) is 0 Å². The molecule has 1 fully saturated rings. The Bertz CT molecular complexity index is 740. The highest BCUT2D eigenvalue weighted by atomic mass is 16.5. The maximum Gasteiger partial charge on any atom is 0.275 e. The monoisotopic (exact) mass is 397 g/mol. The van der Waals surface area contributed by atoms with Gasteiger partial charge in [0, 0.05) is 18.0 Å². The molecule has 0 radical (unpaired) electrons. The lowest BCUT2D eigenvalue weighted by Crippen LogP contribution is -3.28. The topological polar surface area (TPSA) is 47.2 Å². The first-order valence-corrected chi connectivity index (χ1v) is 10.8. The van der Waals surface area contributed by atoms with Crippen molar-refractivity contribution in [1.29, 1.82) is 0 Å². The Morgan fingerprint density at radius 2 is 1.66 bits per heavy atom. The van der Waals surface area contributed by atoms with E-state index in [1.165, 1.54) is 16.0 Å². The van der Waals surface area contributed by atoms with Crippen molar-refractivity contribution in [2.45, 2.75) is 25.8 Å². The normalized spacial score (nSPS) is 20.1. The van der Waals surface area contributed by atoms with Gasteiger partial charge in [0.25, 0.3) is 5.91 Å². The molecule has 1 heterocycles. The van der Waals surface area contributed by atoms with E-state index >= 15 is 0 Å². The molecule has 0 saturated carbocycles. The van der Waals surface area contributed by atoms with Crippen molar-refractivity contribution in [2.24, 2.45) is 0 Å². The minimum atomic E-state index is 0.174. The van der Waals surface area contributed by atoms with Gasteiger partial charge in [0.1, 0.15) is 38.5 Å². The Labute approximate surface area is 174 Å². The predicted octanol–water partition coefficient (Wildman–Crippen LogP) is 0.289. The van der Waals surface area contributed by atoms with Gasteiger partial charge < -0.3 is 19.9 Å². The van der Waals surface area contributed by atoms with E-state index in [9.17, 15) is 4.79 Å². The van der Waals surface area contributed by atoms with Gasteiger partial charge in [-0.05, 0) is 36.2 Å². The molecule has 1 saturated heterocycles. The van der Waals surface area contributed by atoms with Gasteiger partial charge in [0.15, 0.2) is 6.54 Å². The molecule has 5 nitrogen and oxygen atoms in total. The second-order valence-electron chi connectivity index (χ2n) is 8.02. The lowest BCUT2D eigenvalue weighted by atomic mass is 9.96. The molecule has 1 atom stereocenters. The van der Waals surface area contributed by atoms with Crippen molar-refractivity contribution in [3.8, 4) is 5.75 Å². The Hall–Kier alpha value is -2.37. The highest BCUT2D eigenvalue weighted by molar-refractivity contribution is 5.76. The molecule has 0 aliphatic carbocycles. The summed E-state index contributed by atoms with van der Waals surface area (Å²) in [5.41, 5.74) is 2.65. The van der Waals surface area contributed by atoms with Crippen molar-refractivity contribution in [1.82, 2.24) is 5.32 Å². The lowest BCUT2D eigenvalue weighted by Gasteiger charge is -2.29. The zero-order valence-corrected chi connectivity index (χ0v) is 17.7. The summed E-state index contributed by atoms with van der Waals surface area (Å²) < 4.78 is 5.23. The number of carbonyl (C=O) groups is 1. The van der Waals surface area contributed by atoms with Crippen LogP contribution in [0.1, 0.15) is 30.4 Å². The van der Waals surface area contributed by atoms with Gasteiger partial charge in [0.2, 0.25) is 0 Å². The molecule has 156 valence electrons. The molecule has 3 N–H and O–H groups in total. The molecule has 1 aliphatic rings. The molecule has 0 spiro atoms. The SMILES string of the molecule is CC[C@H](CNC(=O)C[NH+]1CC[NH+](Cc2ccc(OC)cc2)CC1)c1ccccc1. The first-order valence-electron chi connectivity index (χ1n) is 10.8. The first kappa shape index (κ1) is 21.3. The standard InChI is InChI=1S/C24H33N3O2/c1-3-21(22-7-5-4-6-8-22)17-25-24(28)19-27-15-13-26(14-16-27)18-20-9-11-23(29-2)12-10-20/h4-12,21H,3,13-19H2,1-2H3,(H,25,28)/p+2/t21-/m1/s1. The van der Waals surface area contributed by atoms with Crippen LogP contribution in [0.15, 0.2) is 54.6 Å². The third-order valence-electron chi connectivity index (χ3n) is 6.00. The number of carbonyl (C=O) groups excluding carboxylic acids is 1. The molecular weight excluding hydrogens is 362 g/mol. The molecule has 2 aromatic rings. The van der Waals surface area contributed by atoms with Crippen LogP contribution in [0, 0.1) is 0 Å². The van der Waals surface area contributed by atoms with Crippen molar-refractivity contribution in [3.63, 3.8) is 0 Å². The van der Waals surface area contributed by atoms with Gasteiger partial charge in [-0.3, -0.25) is 4.79 Å². The summed E-state index contributed by atoms with van der Waals surface area (Å²) in [5.74, 6) is 1.47. The van der Waals surface area contributed by atoms with Crippen LogP contribution in [0.25, 0.3) is 0 Å². The Morgan fingerprint density at radius 1 is 1.00 bits per heavy atom. The maximum absolute atomic E-state index is 12.4. The second-order valence-corrected chi connectivity index (χ2v) is 8.02. The number of rotatable bonds is 9. The predicted molar refractivity (Wildman–Crippen MR) is 115 cm³/mol. The van der Waals surface area contributed by atoms with Crippen molar-refractivity contribution in [2.75, 3.05) is 46.4 Å². The average molecular weight is 398 g/mol. The van der Waals surface area contributed by atoms with Crippen molar-refractivity contribution >= 4 is 5.91 Å². The summed E-state index contributed by atoms with van der Waals surface area (Å²) in [6, 6.07) is 18.8. The fourth-order valence-corrected chi connectivity index (χ4v) is 4.09. The van der Waals surface area contributed by atoms with E-state index in [1.807, 2.05) is 18.2 Å². The van der Waals surface area contributed by atoms with Crippen LogP contribution in [-0.2, 0) is 11.3 Å². The van der Waals surface area contributed by atoms with Crippen molar-refractivity contribution in [3.05, 3.63) is 65.7 Å². The van der Waals surface area contributed by atoms with Crippen LogP contribution in [0.4, 0.5) is 0 Å². The largest absolute Gasteiger partial charge is 0.497 e. The Morgan fingerprint density at radius 3 is 2.28 bits per heavy atom. The number of nitrogens with one attached hydrogen (secondary N) is 3. The number of hydrogen-bond acceptors (Lipinski definition) is 2. The number of methoxy groups -OCH3 is 1. The minimum Gasteiger partial charge on any atom is -0.497 e. The number of benzene rings is 2. The van der Waals surface area contributed by atoms with E-state index in [-0.39, 0.29) is 5.91 Å². The number of piperazine rings is 1. The zero-order valence-electron chi connectivity index (χ0n) is 17.7. The van der Waals surface area contributed by atoms with E-state index in [4.69, 9.17) is 4.74 Å². The number of quaternary nitrogens is 2. The average Bonchev–Trinajstić information content (AvgIpc) is 2.77. The van der Waals surface area contributed by atoms with Crippen LogP contribution in [0.5, 0.6) is 5.75 Å². The summed E-state index contributed by atoms with van der Waals surface area (Å²) in [6.45, 7) is 8.84. The summed E-state index contributed by atoms with van der Waals surface area (Å²) in [4.78, 5) is 15.4. The molecular formula is C24H35N3O2+2. The van der Waals surface area contributed by atoms with E-state index < -0.39 is 0 Å². The quantitative estimate of drug-likeness (QED) is 0.570. The van der Waals surface area contributed by atoms with Crippen LogP contribution < -0.4 is 19.9 Å². The summed E-state index contributed by atoms with van der Waals surface area (Å²) in [7, 11) is 1.70. The molecule has 0 aromatic heterocycles.